The van der Waals surface area contributed by atoms with Crippen molar-refractivity contribution in [3.63, 3.8) is 0 Å². The zero-order valence-electron chi connectivity index (χ0n) is 17.1. The first kappa shape index (κ1) is 20.4. The second-order valence-electron chi connectivity index (χ2n) is 6.39. The van der Waals surface area contributed by atoms with E-state index >= 15 is 0 Å². The number of rotatable bonds is 7. The van der Waals surface area contributed by atoms with E-state index in [0.29, 0.717) is 39.1 Å². The van der Waals surface area contributed by atoms with Crippen molar-refractivity contribution in [1.29, 1.82) is 0 Å². The van der Waals surface area contributed by atoms with Crippen molar-refractivity contribution in [3.05, 3.63) is 58.9 Å². The molecule has 4 rings (SSSR count). The number of hydrogen-bond acceptors (Lipinski definition) is 7. The van der Waals surface area contributed by atoms with Gasteiger partial charge >= 0.3 is 0 Å². The van der Waals surface area contributed by atoms with E-state index in [0.717, 1.165) is 11.3 Å². The third-order valence-electron chi connectivity index (χ3n) is 4.59. The fourth-order valence-electron chi connectivity index (χ4n) is 3.04. The van der Waals surface area contributed by atoms with Crippen molar-refractivity contribution in [2.24, 2.45) is 5.10 Å². The molecule has 0 unspecified atom stereocenters. The van der Waals surface area contributed by atoms with E-state index in [1.165, 1.54) is 4.68 Å². The van der Waals surface area contributed by atoms with E-state index in [2.05, 4.69) is 25.5 Å². The largest absolute Gasteiger partial charge is 0.496 e. The normalized spacial score (nSPS) is 11.1. The van der Waals surface area contributed by atoms with Gasteiger partial charge in [0.15, 0.2) is 0 Å². The molecule has 9 nitrogen and oxygen atoms in total. The summed E-state index contributed by atoms with van der Waals surface area (Å²) in [6, 6.07) is 15.2. The maximum Gasteiger partial charge on any atom is 0.216 e. The van der Waals surface area contributed by atoms with Crippen molar-refractivity contribution < 1.29 is 14.2 Å². The zero-order chi connectivity index (χ0) is 21.8. The molecule has 2 heterocycles. The molecule has 4 aromatic rings. The average Bonchev–Trinajstić information content (AvgIpc) is 3.44. The van der Waals surface area contributed by atoms with Gasteiger partial charge in [-0.1, -0.05) is 30.3 Å². The first-order chi connectivity index (χ1) is 15.1. The number of aromatic nitrogens is 5. The van der Waals surface area contributed by atoms with Gasteiger partial charge in [0, 0.05) is 17.7 Å². The standard InChI is InChI=1S/C21H20N6O3S/c1-28-14-9-18(29-2)15(19(10-14)30-3)12-22-27-20(25-26-21(27)31)17-11-16(23-24-17)13-7-5-4-6-8-13/h4-12H,1-3H3,(H,23,24)(H,26,31)/b22-12-. The SMILES string of the molecule is COc1cc(OC)c(/C=N\n2c(-c3cc(-c4ccccc4)n[nH]3)n[nH]c2=S)c(OC)c1. The highest BCUT2D eigenvalue weighted by Gasteiger charge is 2.15. The quantitative estimate of drug-likeness (QED) is 0.336. The molecule has 0 saturated carbocycles. The maximum absolute atomic E-state index is 5.47. The Hall–Kier alpha value is -3.92. The van der Waals surface area contributed by atoms with Crippen LogP contribution in [0, 0.1) is 4.77 Å². The van der Waals surface area contributed by atoms with Gasteiger partial charge in [0.1, 0.15) is 22.9 Å². The minimum Gasteiger partial charge on any atom is -0.496 e. The van der Waals surface area contributed by atoms with Crippen LogP contribution in [0.2, 0.25) is 0 Å². The van der Waals surface area contributed by atoms with Gasteiger partial charge in [-0.05, 0) is 18.3 Å². The van der Waals surface area contributed by atoms with Gasteiger partial charge in [-0.15, -0.1) is 0 Å². The molecule has 0 amide bonds. The molecular weight excluding hydrogens is 416 g/mol. The molecule has 0 radical (unpaired) electrons. The van der Waals surface area contributed by atoms with Crippen molar-refractivity contribution in [2.45, 2.75) is 0 Å². The first-order valence-electron chi connectivity index (χ1n) is 9.27. The molecule has 0 aliphatic rings. The summed E-state index contributed by atoms with van der Waals surface area (Å²) in [4.78, 5) is 0. The lowest BCUT2D eigenvalue weighted by Crippen LogP contribution is -2.00. The Bertz CT molecular complexity index is 1250. The van der Waals surface area contributed by atoms with Gasteiger partial charge in [0.05, 0.1) is 38.8 Å². The molecule has 0 aliphatic carbocycles. The topological polar surface area (TPSA) is 102 Å². The predicted molar refractivity (Wildman–Crippen MR) is 120 cm³/mol. The number of methoxy groups -OCH3 is 3. The van der Waals surface area contributed by atoms with Crippen LogP contribution < -0.4 is 14.2 Å². The van der Waals surface area contributed by atoms with Gasteiger partial charge in [-0.2, -0.15) is 20.0 Å². The molecule has 0 atom stereocenters. The maximum atomic E-state index is 5.47. The molecule has 2 N–H and O–H groups in total. The van der Waals surface area contributed by atoms with Gasteiger partial charge < -0.3 is 14.2 Å². The van der Waals surface area contributed by atoms with Gasteiger partial charge in [-0.25, -0.2) is 5.10 Å². The molecule has 2 aromatic heterocycles. The highest BCUT2D eigenvalue weighted by Crippen LogP contribution is 2.33. The summed E-state index contributed by atoms with van der Waals surface area (Å²) in [6.45, 7) is 0. The summed E-state index contributed by atoms with van der Waals surface area (Å²) >= 11 is 5.36. The molecule has 0 spiro atoms. The number of nitrogens with zero attached hydrogens (tertiary/aromatic N) is 4. The third-order valence-corrected chi connectivity index (χ3v) is 4.86. The smallest absolute Gasteiger partial charge is 0.216 e. The Morgan fingerprint density at radius 2 is 1.65 bits per heavy atom. The van der Waals surface area contributed by atoms with E-state index in [9.17, 15) is 0 Å². The minimum absolute atomic E-state index is 0.327. The first-order valence-corrected chi connectivity index (χ1v) is 9.68. The Kier molecular flexibility index (Phi) is 5.80. The van der Waals surface area contributed by atoms with Crippen molar-refractivity contribution >= 4 is 18.4 Å². The van der Waals surface area contributed by atoms with Crippen LogP contribution >= 0.6 is 12.2 Å². The van der Waals surface area contributed by atoms with Crippen LogP contribution in [0.15, 0.2) is 53.6 Å². The number of ether oxygens (including phenoxy) is 3. The fraction of sp³-hybridized carbons (Fsp3) is 0.143. The molecule has 2 aromatic carbocycles. The number of nitrogens with one attached hydrogen (secondary N) is 2. The Morgan fingerprint density at radius 1 is 0.935 bits per heavy atom. The summed E-state index contributed by atoms with van der Waals surface area (Å²) in [5.74, 6) is 2.19. The van der Waals surface area contributed by atoms with E-state index in [1.54, 1.807) is 39.7 Å². The van der Waals surface area contributed by atoms with E-state index in [-0.39, 0.29) is 0 Å². The van der Waals surface area contributed by atoms with Gasteiger partial charge in [0.25, 0.3) is 0 Å². The summed E-state index contributed by atoms with van der Waals surface area (Å²) in [6.07, 6.45) is 1.60. The van der Waals surface area contributed by atoms with Crippen LogP contribution in [0.1, 0.15) is 5.56 Å². The highest BCUT2D eigenvalue weighted by atomic mass is 32.1. The van der Waals surface area contributed by atoms with E-state index in [4.69, 9.17) is 26.4 Å². The van der Waals surface area contributed by atoms with E-state index < -0.39 is 0 Å². The summed E-state index contributed by atoms with van der Waals surface area (Å²) in [5, 5.41) is 18.9. The molecule has 31 heavy (non-hydrogen) atoms. The minimum atomic E-state index is 0.327. The Labute approximate surface area is 183 Å². The van der Waals surface area contributed by atoms with Crippen LogP contribution in [0.25, 0.3) is 22.8 Å². The summed E-state index contributed by atoms with van der Waals surface area (Å²) in [7, 11) is 4.71. The van der Waals surface area contributed by atoms with Gasteiger partial charge in [-0.3, -0.25) is 5.10 Å². The zero-order valence-corrected chi connectivity index (χ0v) is 17.9. The second kappa shape index (κ2) is 8.84. The lowest BCUT2D eigenvalue weighted by molar-refractivity contribution is 0.374. The van der Waals surface area contributed by atoms with E-state index in [1.807, 2.05) is 36.4 Å². The van der Waals surface area contributed by atoms with Crippen molar-refractivity contribution in [2.75, 3.05) is 21.3 Å². The highest BCUT2D eigenvalue weighted by molar-refractivity contribution is 7.71. The molecule has 0 bridgehead atoms. The Morgan fingerprint density at radius 3 is 2.29 bits per heavy atom. The van der Waals surface area contributed by atoms with Crippen LogP contribution in [-0.2, 0) is 0 Å². The summed E-state index contributed by atoms with van der Waals surface area (Å²) in [5.41, 5.74) is 3.08. The van der Waals surface area contributed by atoms with Gasteiger partial charge in [0.2, 0.25) is 10.6 Å². The lowest BCUT2D eigenvalue weighted by atomic mass is 10.1. The molecular formula is C21H20N6O3S. The Balaban J connectivity index is 1.73. The van der Waals surface area contributed by atoms with Crippen LogP contribution in [-0.4, -0.2) is 52.6 Å². The second-order valence-corrected chi connectivity index (χ2v) is 6.77. The third kappa shape index (κ3) is 4.05. The van der Waals surface area contributed by atoms with Crippen molar-refractivity contribution in [3.8, 4) is 40.0 Å². The number of aromatic amines is 2. The molecule has 10 heteroatoms. The van der Waals surface area contributed by atoms with Crippen LogP contribution in [0.3, 0.4) is 0 Å². The average molecular weight is 436 g/mol. The van der Waals surface area contributed by atoms with Crippen LogP contribution in [0.5, 0.6) is 17.2 Å². The fourth-order valence-corrected chi connectivity index (χ4v) is 3.22. The summed E-state index contributed by atoms with van der Waals surface area (Å²) < 4.78 is 18.1. The number of benzene rings is 2. The molecule has 158 valence electrons. The monoisotopic (exact) mass is 436 g/mol. The van der Waals surface area contributed by atoms with Crippen molar-refractivity contribution in [1.82, 2.24) is 25.1 Å². The predicted octanol–water partition coefficient (Wildman–Crippen LogP) is 3.91. The van der Waals surface area contributed by atoms with Crippen LogP contribution in [0.4, 0.5) is 0 Å². The molecule has 0 fully saturated rings. The lowest BCUT2D eigenvalue weighted by Gasteiger charge is -2.12. The number of hydrogen-bond donors (Lipinski definition) is 2. The molecule has 0 saturated heterocycles. The number of H-pyrrole nitrogens is 2. The molecule has 0 aliphatic heterocycles.